The summed E-state index contributed by atoms with van der Waals surface area (Å²) >= 11 is 0. The van der Waals surface area contributed by atoms with E-state index < -0.39 is 93.6 Å². The van der Waals surface area contributed by atoms with Gasteiger partial charge in [0.2, 0.25) is 0 Å². The number of hydrogen-bond acceptors (Lipinski definition) is 14. The van der Waals surface area contributed by atoms with Crippen LogP contribution in [0.2, 0.25) is 0 Å². The van der Waals surface area contributed by atoms with Gasteiger partial charge < -0.3 is 59.3 Å². The molecule has 0 spiro atoms. The minimum absolute atomic E-state index is 0. The Hall–Kier alpha value is -2.93. The first-order chi connectivity index (χ1) is 22.5. The van der Waals surface area contributed by atoms with Crippen LogP contribution in [0, 0.1) is 0 Å². The smallest absolute Gasteiger partial charge is 0.870 e. The van der Waals surface area contributed by atoms with Crippen molar-refractivity contribution in [3.05, 3.63) is 102 Å². The molecule has 26 heteroatoms. The van der Waals surface area contributed by atoms with Gasteiger partial charge in [0.1, 0.15) is 6.10 Å². The number of ether oxygens (including phenoxy) is 5. The number of nitrogens with zero attached hydrogens (tertiary/aromatic N) is 2. The molecule has 0 bridgehead atoms. The molecule has 2 fully saturated rings. The second kappa shape index (κ2) is 19.8. The van der Waals surface area contributed by atoms with E-state index in [1.165, 1.54) is 6.20 Å². The average molecular weight is 778 g/mol. The third-order valence-corrected chi connectivity index (χ3v) is 7.43. The second-order valence-electron chi connectivity index (χ2n) is 10.2. The van der Waals surface area contributed by atoms with E-state index in [2.05, 4.69) is 4.98 Å². The largest absolute Gasteiger partial charge is 1.00 e. The van der Waals surface area contributed by atoms with Crippen LogP contribution >= 0.6 is 15.2 Å². The Kier molecular flexibility index (Phi) is 17.9. The van der Waals surface area contributed by atoms with Gasteiger partial charge >= 0.3 is 62.1 Å². The number of aliphatic hydroxyl groups is 1. The van der Waals surface area contributed by atoms with Gasteiger partial charge in [-0.1, -0.05) is 18.2 Å². The van der Waals surface area contributed by atoms with Gasteiger partial charge in [-0.05, 0) is 12.1 Å². The Morgan fingerprint density at radius 2 is 1.24 bits per heavy atom. The molecule has 2 aromatic heterocycles. The summed E-state index contributed by atoms with van der Waals surface area (Å²) in [6, 6.07) is 10.3. The fraction of sp³-hybridized carbons (Fsp3) is 0.400. The van der Waals surface area contributed by atoms with Gasteiger partial charge in [0, 0.05) is 37.4 Å². The molecule has 2 aliphatic rings. The molecule has 51 heavy (non-hydrogen) atoms. The van der Waals surface area contributed by atoms with E-state index in [1.807, 2.05) is 4.98 Å². The Bertz CT molecular complexity index is 1910. The molecule has 0 unspecified atom stereocenters. The quantitative estimate of drug-likeness (QED) is 0.0573. The summed E-state index contributed by atoms with van der Waals surface area (Å²) in [5.74, 6) is -0.674. The van der Waals surface area contributed by atoms with E-state index in [1.54, 1.807) is 30.3 Å². The maximum Gasteiger partial charge on any atom is 1.00 e. The molecule has 3 aromatic rings. The number of aliphatic hydroxyl groups excluding tert-OH is 1. The summed E-state index contributed by atoms with van der Waals surface area (Å²) in [4.78, 5) is 97.5. The minimum atomic E-state index is -4.45. The van der Waals surface area contributed by atoms with Crippen LogP contribution in [0.4, 0.5) is 0 Å². The van der Waals surface area contributed by atoms with Gasteiger partial charge in [-0.2, -0.15) is 0 Å². The molecule has 5 rings (SSSR count). The minimum Gasteiger partial charge on any atom is -0.870 e. The van der Waals surface area contributed by atoms with E-state index >= 15 is 0 Å². The van der Waals surface area contributed by atoms with Gasteiger partial charge in [-0.25, -0.2) is 14.4 Å². The molecule has 0 radical (unpaired) electrons. The van der Waals surface area contributed by atoms with Crippen molar-refractivity contribution in [3.63, 3.8) is 0 Å². The number of hydrogen-bond donors (Lipinski definition) is 7. The molecule has 0 saturated carbocycles. The molecule has 10 N–H and O–H groups in total. The Morgan fingerprint density at radius 1 is 0.784 bits per heavy atom. The fourth-order valence-corrected chi connectivity index (χ4v) is 5.15. The number of aromatic amines is 2. The predicted octanol–water partition coefficient (Wildman–Crippen LogP) is -5.54. The fourth-order valence-electron chi connectivity index (χ4n) is 4.43. The van der Waals surface area contributed by atoms with Crippen molar-refractivity contribution in [1.82, 2.24) is 19.1 Å². The van der Waals surface area contributed by atoms with E-state index in [9.17, 15) is 38.2 Å². The standard InChI is InChI=1S/C16H17N2O9P.C9H13N2O8P.Na.2H2O/c19-12-6-7-18(16(21)17-12)14-11(8-13(27-14)25-9-28(22,23)24)26-15(20)10-4-2-1-3-5-10;12-5-3-7(18-4-20(15,16)17)19-8(5)11-2-1-6(13)10-9(11)14;;;/h1-7,11,13-14H,8-9H2,(H,17,19,21)(H2,22,23,24);1-2,5,7-8,12H,3-4H2,(H,10,13,14)(H2,15,16,17);;2*1H2/q;;+1;;/p-1/t11-,13+,14-;5-,7-,8+;;;/m10.../s1. The molecular weight excluding hydrogens is 745 g/mol. The van der Waals surface area contributed by atoms with Crippen LogP contribution in [0.3, 0.4) is 0 Å². The van der Waals surface area contributed by atoms with Crippen LogP contribution in [0.1, 0.15) is 35.7 Å². The SMILES string of the molecule is O.O=C(O[C@@H]1C[C@@H](OCP(=O)(O)O)O[C@H]1n1ccc(=O)[nH]c1=O)c1ccccc1.O=c1ccn([C@@H]2O[C@H](OCP(=O)(O)O)C[C@@H]2O)c(=O)[nH]1.[Na+].[OH-]. The zero-order valence-corrected chi connectivity index (χ0v) is 30.1. The molecule has 2 aliphatic heterocycles. The molecule has 2 saturated heterocycles. The van der Waals surface area contributed by atoms with Crippen molar-refractivity contribution in [2.75, 3.05) is 12.7 Å². The normalized spacial score (nSPS) is 22.7. The Balaban J connectivity index is 0.000000505. The summed E-state index contributed by atoms with van der Waals surface area (Å²) < 4.78 is 49.6. The predicted molar refractivity (Wildman–Crippen MR) is 163 cm³/mol. The molecule has 0 amide bonds. The van der Waals surface area contributed by atoms with E-state index in [0.29, 0.717) is 0 Å². The number of carbonyl (C=O) groups is 1. The first-order valence-electron chi connectivity index (χ1n) is 13.7. The molecule has 1 aromatic carbocycles. The number of aromatic nitrogens is 4. The van der Waals surface area contributed by atoms with Gasteiger partial charge in [0.25, 0.3) is 11.1 Å². The molecule has 4 heterocycles. The summed E-state index contributed by atoms with van der Waals surface area (Å²) in [6.45, 7) is 0. The third-order valence-electron chi connectivity index (χ3n) is 6.46. The van der Waals surface area contributed by atoms with E-state index in [0.717, 1.165) is 27.5 Å². The number of rotatable bonds is 10. The monoisotopic (exact) mass is 778 g/mol. The van der Waals surface area contributed by atoms with Crippen LogP contribution in [-0.4, -0.2) is 98.2 Å². The van der Waals surface area contributed by atoms with Gasteiger partial charge in [0.05, 0.1) is 5.56 Å². The maximum absolute atomic E-state index is 12.4. The number of esters is 1. The van der Waals surface area contributed by atoms with Crippen LogP contribution < -0.4 is 52.1 Å². The van der Waals surface area contributed by atoms with E-state index in [-0.39, 0.29) is 58.9 Å². The Labute approximate surface area is 306 Å². The van der Waals surface area contributed by atoms with Crippen molar-refractivity contribution in [1.29, 1.82) is 0 Å². The summed E-state index contributed by atoms with van der Waals surface area (Å²) in [5.41, 5.74) is -2.50. The summed E-state index contributed by atoms with van der Waals surface area (Å²) in [6.07, 6.45) is -6.11. The first-order valence-corrected chi connectivity index (χ1v) is 17.3. The zero-order chi connectivity index (χ0) is 35.2. The van der Waals surface area contributed by atoms with Crippen LogP contribution in [0.5, 0.6) is 0 Å². The second-order valence-corrected chi connectivity index (χ2v) is 13.4. The first kappa shape index (κ1) is 46.1. The number of benzene rings is 1. The Morgan fingerprint density at radius 3 is 1.71 bits per heavy atom. The maximum atomic E-state index is 12.4. The average Bonchev–Trinajstić information content (AvgIpc) is 3.57. The topological polar surface area (TPSA) is 370 Å². The number of carbonyl (C=O) groups excluding carboxylic acids is 1. The molecular formula is C25H33N4NaO19P2. The van der Waals surface area contributed by atoms with Crippen molar-refractivity contribution in [3.8, 4) is 0 Å². The molecule has 6 atom stereocenters. The van der Waals surface area contributed by atoms with E-state index in [4.69, 9.17) is 43.3 Å². The van der Waals surface area contributed by atoms with Gasteiger partial charge in [-0.3, -0.25) is 37.8 Å². The summed E-state index contributed by atoms with van der Waals surface area (Å²) in [7, 11) is -8.79. The molecule has 278 valence electrons. The zero-order valence-electron chi connectivity index (χ0n) is 26.4. The number of nitrogens with one attached hydrogen (secondary N) is 2. The molecule has 23 nitrogen and oxygen atoms in total. The summed E-state index contributed by atoms with van der Waals surface area (Å²) in [5, 5.41) is 9.79. The van der Waals surface area contributed by atoms with Crippen molar-refractivity contribution in [2.45, 2.75) is 50.1 Å². The molecule has 0 aliphatic carbocycles. The van der Waals surface area contributed by atoms with Crippen molar-refractivity contribution in [2.24, 2.45) is 0 Å². The van der Waals surface area contributed by atoms with Gasteiger partial charge in [0.15, 0.2) is 43.8 Å². The van der Waals surface area contributed by atoms with Gasteiger partial charge in [-0.15, -0.1) is 0 Å². The van der Waals surface area contributed by atoms with Crippen molar-refractivity contribution >= 4 is 21.2 Å². The van der Waals surface area contributed by atoms with Crippen molar-refractivity contribution < 1.29 is 103 Å². The van der Waals surface area contributed by atoms with Crippen LogP contribution in [0.25, 0.3) is 0 Å². The third kappa shape index (κ3) is 13.9. The number of H-pyrrole nitrogens is 2. The van der Waals surface area contributed by atoms with Crippen LogP contribution in [-0.2, 0) is 32.8 Å². The van der Waals surface area contributed by atoms with Crippen LogP contribution in [0.15, 0.2) is 74.0 Å².